The Labute approximate surface area is 130 Å². The minimum atomic E-state index is -1.02. The summed E-state index contributed by atoms with van der Waals surface area (Å²) >= 11 is 0. The summed E-state index contributed by atoms with van der Waals surface area (Å²) in [7, 11) is 1.59. The highest BCUT2D eigenvalue weighted by atomic mass is 16.5. The molecule has 0 atom stereocenters. The topological polar surface area (TPSA) is 76.1 Å². The molecule has 0 saturated carbocycles. The van der Waals surface area contributed by atoms with Crippen LogP contribution in [0.5, 0.6) is 5.75 Å². The molecule has 0 spiro atoms. The van der Waals surface area contributed by atoms with Crippen molar-refractivity contribution in [2.45, 2.75) is 13.8 Å². The SMILES string of the molecule is COCCOc1ccc(C(=O)N(CC(=O)O)CC(C)C)cc1. The number of hydrogen-bond donors (Lipinski definition) is 1. The molecule has 0 fully saturated rings. The fraction of sp³-hybridized carbons (Fsp3) is 0.500. The van der Waals surface area contributed by atoms with E-state index in [1.165, 1.54) is 4.90 Å². The van der Waals surface area contributed by atoms with Crippen LogP contribution >= 0.6 is 0 Å². The van der Waals surface area contributed by atoms with Crippen LogP contribution in [0.4, 0.5) is 0 Å². The molecule has 1 N–H and O–H groups in total. The second-order valence-corrected chi connectivity index (χ2v) is 5.34. The van der Waals surface area contributed by atoms with E-state index >= 15 is 0 Å². The zero-order chi connectivity index (χ0) is 16.5. The van der Waals surface area contributed by atoms with Crippen LogP contribution in [0.15, 0.2) is 24.3 Å². The zero-order valence-corrected chi connectivity index (χ0v) is 13.2. The van der Waals surface area contributed by atoms with E-state index in [0.717, 1.165) is 0 Å². The lowest BCUT2D eigenvalue weighted by Crippen LogP contribution is -2.38. The predicted octanol–water partition coefficient (Wildman–Crippen LogP) is 1.89. The van der Waals surface area contributed by atoms with Crippen LogP contribution in [0.2, 0.25) is 0 Å². The van der Waals surface area contributed by atoms with Crippen LogP contribution < -0.4 is 4.74 Å². The average Bonchev–Trinajstić information content (AvgIpc) is 2.46. The van der Waals surface area contributed by atoms with Gasteiger partial charge in [0.15, 0.2) is 0 Å². The third-order valence-corrected chi connectivity index (χ3v) is 2.86. The fourth-order valence-electron chi connectivity index (χ4n) is 1.94. The number of benzene rings is 1. The molecule has 0 aliphatic heterocycles. The summed E-state index contributed by atoms with van der Waals surface area (Å²) in [5.74, 6) is -0.477. The predicted molar refractivity (Wildman–Crippen MR) is 82.2 cm³/mol. The second kappa shape index (κ2) is 9.04. The monoisotopic (exact) mass is 309 g/mol. The first-order chi connectivity index (χ1) is 10.4. The van der Waals surface area contributed by atoms with Gasteiger partial charge in [0.1, 0.15) is 18.9 Å². The van der Waals surface area contributed by atoms with Crippen molar-refractivity contribution in [3.8, 4) is 5.75 Å². The van der Waals surface area contributed by atoms with Crippen molar-refractivity contribution in [1.29, 1.82) is 0 Å². The molecule has 0 heterocycles. The Kier molecular flexibility index (Phi) is 7.39. The lowest BCUT2D eigenvalue weighted by molar-refractivity contribution is -0.137. The van der Waals surface area contributed by atoms with Gasteiger partial charge in [-0.15, -0.1) is 0 Å². The number of aliphatic carboxylic acids is 1. The van der Waals surface area contributed by atoms with Crippen molar-refractivity contribution < 1.29 is 24.2 Å². The summed E-state index contributed by atoms with van der Waals surface area (Å²) in [5, 5.41) is 8.93. The maximum absolute atomic E-state index is 12.4. The van der Waals surface area contributed by atoms with Gasteiger partial charge in [-0.1, -0.05) is 13.8 Å². The van der Waals surface area contributed by atoms with Crippen molar-refractivity contribution >= 4 is 11.9 Å². The number of carboxylic acids is 1. The molecule has 6 heteroatoms. The Morgan fingerprint density at radius 2 is 1.82 bits per heavy atom. The van der Waals surface area contributed by atoms with Crippen LogP contribution in [0.25, 0.3) is 0 Å². The van der Waals surface area contributed by atoms with Crippen molar-refractivity contribution in [2.75, 3.05) is 33.4 Å². The summed E-state index contributed by atoms with van der Waals surface area (Å²) in [6.45, 7) is 4.90. The molecule has 1 aromatic rings. The van der Waals surface area contributed by atoms with Crippen molar-refractivity contribution in [3.63, 3.8) is 0 Å². The van der Waals surface area contributed by atoms with Gasteiger partial charge >= 0.3 is 5.97 Å². The molecular formula is C16H23NO5. The molecule has 1 aromatic carbocycles. The minimum absolute atomic E-state index is 0.194. The average molecular weight is 309 g/mol. The van der Waals surface area contributed by atoms with Gasteiger partial charge in [-0.05, 0) is 30.2 Å². The molecule has 1 rings (SSSR count). The number of methoxy groups -OCH3 is 1. The number of rotatable bonds is 9. The van der Waals surface area contributed by atoms with Gasteiger partial charge < -0.3 is 19.5 Å². The third-order valence-electron chi connectivity index (χ3n) is 2.86. The molecule has 0 aliphatic rings. The molecule has 0 aromatic heterocycles. The number of amides is 1. The lowest BCUT2D eigenvalue weighted by atomic mass is 10.1. The number of carbonyl (C=O) groups is 2. The zero-order valence-electron chi connectivity index (χ0n) is 13.2. The van der Waals surface area contributed by atoms with Gasteiger partial charge in [0.25, 0.3) is 5.91 Å². The van der Waals surface area contributed by atoms with E-state index in [1.54, 1.807) is 31.4 Å². The summed E-state index contributed by atoms with van der Waals surface area (Å²) in [6, 6.07) is 6.66. The third kappa shape index (κ3) is 6.13. The highest BCUT2D eigenvalue weighted by Gasteiger charge is 2.19. The van der Waals surface area contributed by atoms with E-state index in [2.05, 4.69) is 0 Å². The van der Waals surface area contributed by atoms with E-state index in [9.17, 15) is 9.59 Å². The molecule has 122 valence electrons. The van der Waals surface area contributed by atoms with Crippen LogP contribution in [0, 0.1) is 5.92 Å². The van der Waals surface area contributed by atoms with Gasteiger partial charge in [-0.3, -0.25) is 9.59 Å². The van der Waals surface area contributed by atoms with Crippen LogP contribution in [-0.2, 0) is 9.53 Å². The number of carboxylic acid groups (broad SMARTS) is 1. The Hall–Kier alpha value is -2.08. The molecule has 0 saturated heterocycles. The number of carbonyl (C=O) groups excluding carboxylic acids is 1. The van der Waals surface area contributed by atoms with Gasteiger partial charge in [-0.25, -0.2) is 0 Å². The molecule has 22 heavy (non-hydrogen) atoms. The largest absolute Gasteiger partial charge is 0.491 e. The molecule has 1 amide bonds. The molecule has 0 radical (unpaired) electrons. The summed E-state index contributed by atoms with van der Waals surface area (Å²) in [4.78, 5) is 24.6. The second-order valence-electron chi connectivity index (χ2n) is 5.34. The van der Waals surface area contributed by atoms with Gasteiger partial charge in [0.05, 0.1) is 6.61 Å². The Bertz CT molecular complexity index is 484. The molecule has 0 bridgehead atoms. The quantitative estimate of drug-likeness (QED) is 0.705. The van der Waals surface area contributed by atoms with Crippen molar-refractivity contribution in [2.24, 2.45) is 5.92 Å². The molecule has 0 unspecified atom stereocenters. The van der Waals surface area contributed by atoms with Gasteiger partial charge in [0.2, 0.25) is 0 Å². The van der Waals surface area contributed by atoms with E-state index in [4.69, 9.17) is 14.6 Å². The summed E-state index contributed by atoms with van der Waals surface area (Å²) in [6.07, 6.45) is 0. The summed E-state index contributed by atoms with van der Waals surface area (Å²) < 4.78 is 10.3. The summed E-state index contributed by atoms with van der Waals surface area (Å²) in [5.41, 5.74) is 0.445. The molecule has 6 nitrogen and oxygen atoms in total. The van der Waals surface area contributed by atoms with Gasteiger partial charge in [-0.2, -0.15) is 0 Å². The van der Waals surface area contributed by atoms with E-state index in [1.807, 2.05) is 13.8 Å². The number of hydrogen-bond acceptors (Lipinski definition) is 4. The fourth-order valence-corrected chi connectivity index (χ4v) is 1.94. The molecular weight excluding hydrogens is 286 g/mol. The normalized spacial score (nSPS) is 10.5. The van der Waals surface area contributed by atoms with Gasteiger partial charge in [0, 0.05) is 19.2 Å². The number of nitrogens with zero attached hydrogens (tertiary/aromatic N) is 1. The van der Waals surface area contributed by atoms with Crippen LogP contribution in [0.1, 0.15) is 24.2 Å². The van der Waals surface area contributed by atoms with Crippen molar-refractivity contribution in [1.82, 2.24) is 4.90 Å². The Morgan fingerprint density at radius 3 is 2.32 bits per heavy atom. The van der Waals surface area contributed by atoms with Crippen LogP contribution in [0.3, 0.4) is 0 Å². The highest BCUT2D eigenvalue weighted by molar-refractivity contribution is 5.95. The maximum atomic E-state index is 12.4. The first-order valence-electron chi connectivity index (χ1n) is 7.17. The Morgan fingerprint density at radius 1 is 1.18 bits per heavy atom. The Balaban J connectivity index is 2.74. The first kappa shape index (κ1) is 18.0. The van der Waals surface area contributed by atoms with E-state index in [-0.39, 0.29) is 18.4 Å². The maximum Gasteiger partial charge on any atom is 0.323 e. The van der Waals surface area contributed by atoms with E-state index < -0.39 is 5.97 Å². The first-order valence-corrected chi connectivity index (χ1v) is 7.17. The van der Waals surface area contributed by atoms with Crippen molar-refractivity contribution in [3.05, 3.63) is 29.8 Å². The highest BCUT2D eigenvalue weighted by Crippen LogP contribution is 2.14. The molecule has 0 aliphatic carbocycles. The van der Waals surface area contributed by atoms with Crippen LogP contribution in [-0.4, -0.2) is 55.3 Å². The standard InChI is InChI=1S/C16H23NO5/c1-12(2)10-17(11-15(18)19)16(20)13-4-6-14(7-5-13)22-9-8-21-3/h4-7,12H,8-11H2,1-3H3,(H,18,19). The van der Waals surface area contributed by atoms with E-state index in [0.29, 0.717) is 31.1 Å². The number of ether oxygens (including phenoxy) is 2. The lowest BCUT2D eigenvalue weighted by Gasteiger charge is -2.22. The minimum Gasteiger partial charge on any atom is -0.491 e. The smallest absolute Gasteiger partial charge is 0.323 e.